The maximum atomic E-state index is 13.8. The smallest absolute Gasteiger partial charge is 0.278 e. The topological polar surface area (TPSA) is 140 Å². The van der Waals surface area contributed by atoms with Crippen LogP contribution >= 0.6 is 0 Å². The van der Waals surface area contributed by atoms with Crippen LogP contribution in [0.1, 0.15) is 137 Å². The van der Waals surface area contributed by atoms with Gasteiger partial charge in [-0.3, -0.25) is 9.59 Å². The minimum atomic E-state index is -0.608. The minimum Gasteiger partial charge on any atom is -0.431 e. The summed E-state index contributed by atoms with van der Waals surface area (Å²) < 4.78 is 18.9. The van der Waals surface area contributed by atoms with Gasteiger partial charge in [0, 0.05) is 82.3 Å². The number of H-pyrrole nitrogens is 3. The quantitative estimate of drug-likeness (QED) is 0.140. The Labute approximate surface area is 354 Å². The van der Waals surface area contributed by atoms with Gasteiger partial charge in [-0.25, -0.2) is 0 Å². The second-order valence-corrected chi connectivity index (χ2v) is 20.0. The number of carbonyl (C=O) groups is 2. The van der Waals surface area contributed by atoms with E-state index in [1.165, 1.54) is 79.5 Å². The van der Waals surface area contributed by atoms with Crippen LogP contribution in [0.25, 0.3) is 33.1 Å². The van der Waals surface area contributed by atoms with Crippen LogP contribution in [0, 0.1) is 29.7 Å². The standard InChI is InChI=1S/C26H27FN6O2.C23H28N2O/c1-13(18-12-28-19-4-2-3-17(25(18)19)21-5-6-22(27)35-21)7-23(34)33-16-9-14-8-15(11-16)24(20(33)10-14)26-29-31-32-30-26;1-13(20-12-24-21-4-2-3-19(22(20)21)16-5-6-16)23(26)25-17-8-14-7-15(10-17)11-18(25)9-14/h2-6,12-16,20,24,28H,7-11H2,1H3,(H,29,30,31,32);2-4,12-18,24H,5-11H2,1H3. The highest BCUT2D eigenvalue weighted by molar-refractivity contribution is 5.97. The molecular weight excluding hydrogens is 768 g/mol. The first-order chi connectivity index (χ1) is 29.8. The molecule has 7 atom stereocenters. The van der Waals surface area contributed by atoms with E-state index in [9.17, 15) is 14.0 Å². The summed E-state index contributed by atoms with van der Waals surface area (Å²) >= 11 is 0. The third-order valence-electron chi connectivity index (χ3n) is 16.4. The van der Waals surface area contributed by atoms with Gasteiger partial charge in [-0.15, -0.1) is 10.2 Å². The first-order valence-corrected chi connectivity index (χ1v) is 23.1. The summed E-state index contributed by atoms with van der Waals surface area (Å²) in [5.41, 5.74) is 6.69. The molecule has 12 heteroatoms. The fourth-order valence-electron chi connectivity index (χ4n) is 13.9. The van der Waals surface area contributed by atoms with Crippen molar-refractivity contribution in [1.29, 1.82) is 0 Å². The van der Waals surface area contributed by atoms with Gasteiger partial charge in [0.15, 0.2) is 5.82 Å². The average Bonchev–Trinajstić information content (AvgIpc) is 3.63. The van der Waals surface area contributed by atoms with E-state index in [1.54, 1.807) is 6.07 Å². The van der Waals surface area contributed by atoms with Crippen molar-refractivity contribution in [1.82, 2.24) is 40.4 Å². The minimum absolute atomic E-state index is 0.0157. The van der Waals surface area contributed by atoms with E-state index in [-0.39, 0.29) is 29.7 Å². The third-order valence-corrected chi connectivity index (χ3v) is 16.4. The molecule has 2 amide bonds. The number of amides is 2. The number of fused-ring (bicyclic) bond motifs is 2. The monoisotopic (exact) mass is 822 g/mol. The lowest BCUT2D eigenvalue weighted by molar-refractivity contribution is -0.152. The van der Waals surface area contributed by atoms with E-state index < -0.39 is 6.01 Å². The van der Waals surface area contributed by atoms with Crippen molar-refractivity contribution in [2.24, 2.45) is 23.7 Å². The van der Waals surface area contributed by atoms with Crippen LogP contribution in [0.2, 0.25) is 0 Å². The van der Waals surface area contributed by atoms with E-state index in [1.807, 2.05) is 24.4 Å². The van der Waals surface area contributed by atoms with Gasteiger partial charge in [0.05, 0.1) is 5.92 Å². The zero-order valence-corrected chi connectivity index (χ0v) is 35.0. The Morgan fingerprint density at radius 1 is 0.787 bits per heavy atom. The first-order valence-electron chi connectivity index (χ1n) is 23.1. The molecule has 15 rings (SSSR count). The summed E-state index contributed by atoms with van der Waals surface area (Å²) in [5, 5.41) is 17.3. The molecule has 316 valence electrons. The molecule has 4 aromatic heterocycles. The van der Waals surface area contributed by atoms with Crippen molar-refractivity contribution in [3.8, 4) is 11.3 Å². The lowest BCUT2D eigenvalue weighted by Gasteiger charge is -2.59. The van der Waals surface area contributed by atoms with Crippen molar-refractivity contribution in [2.75, 3.05) is 0 Å². The predicted octanol–water partition coefficient (Wildman–Crippen LogP) is 9.70. The molecule has 8 heterocycles. The zero-order chi connectivity index (χ0) is 41.1. The Kier molecular flexibility index (Phi) is 8.86. The number of nitrogens with zero attached hydrogens (tertiary/aromatic N) is 5. The number of carbonyl (C=O) groups excluding carboxylic acids is 2. The van der Waals surface area contributed by atoms with Gasteiger partial charge in [0.25, 0.3) is 6.01 Å². The van der Waals surface area contributed by atoms with Crippen LogP contribution in [-0.4, -0.2) is 76.4 Å². The lowest BCUT2D eigenvalue weighted by atomic mass is 9.58. The molecule has 11 nitrogen and oxygen atoms in total. The summed E-state index contributed by atoms with van der Waals surface area (Å²) in [7, 11) is 0. The number of halogens is 1. The number of nitrogens with one attached hydrogen (secondary N) is 3. The molecule has 3 N–H and O–H groups in total. The molecule has 4 aliphatic heterocycles. The van der Waals surface area contributed by atoms with E-state index in [0.29, 0.717) is 54.0 Å². The maximum Gasteiger partial charge on any atom is 0.278 e. The number of furan rings is 1. The van der Waals surface area contributed by atoms with Gasteiger partial charge in [-0.1, -0.05) is 36.4 Å². The Morgan fingerprint density at radius 2 is 1.48 bits per heavy atom. The van der Waals surface area contributed by atoms with E-state index >= 15 is 0 Å². The highest BCUT2D eigenvalue weighted by Crippen LogP contribution is 2.56. The Balaban J connectivity index is 0.000000136. The second kappa shape index (κ2) is 14.4. The SMILES string of the molecule is CC(C(=O)N1C2CC3CC(C2)CC1C3)c1c[nH]c2cccc(C3CC3)c12.CC(CC(=O)N1C2CC3CC(C2)C(c2nn[nH]n2)C1C3)c1c[nH]c2cccc(-c3ccc(F)o3)c12. The third kappa shape index (κ3) is 6.28. The first kappa shape index (κ1) is 37.5. The van der Waals surface area contributed by atoms with Crippen LogP contribution in [0.5, 0.6) is 0 Å². The fourth-order valence-corrected chi connectivity index (χ4v) is 13.9. The van der Waals surface area contributed by atoms with E-state index in [4.69, 9.17) is 4.42 Å². The molecule has 8 bridgehead atoms. The average molecular weight is 823 g/mol. The molecule has 7 unspecified atom stereocenters. The number of aromatic amines is 3. The Morgan fingerprint density at radius 3 is 2.16 bits per heavy atom. The summed E-state index contributed by atoms with van der Waals surface area (Å²) in [6.45, 7) is 4.23. The summed E-state index contributed by atoms with van der Waals surface area (Å²) in [6.07, 6.45) is 17.9. The predicted molar refractivity (Wildman–Crippen MR) is 229 cm³/mol. The number of piperidine rings is 4. The largest absolute Gasteiger partial charge is 0.431 e. The van der Waals surface area contributed by atoms with Crippen LogP contribution in [0.15, 0.2) is 65.3 Å². The summed E-state index contributed by atoms with van der Waals surface area (Å²) in [6, 6.07) is 16.3. The molecule has 61 heavy (non-hydrogen) atoms. The number of aromatic nitrogens is 6. The van der Waals surface area contributed by atoms with Crippen LogP contribution in [0.4, 0.5) is 4.39 Å². The Hall–Kier alpha value is -5.26. The van der Waals surface area contributed by atoms with E-state index in [0.717, 1.165) is 59.0 Å². The van der Waals surface area contributed by atoms with E-state index in [2.05, 4.69) is 78.6 Å². The van der Waals surface area contributed by atoms with Gasteiger partial charge in [-0.05, 0) is 148 Å². The molecule has 6 aromatic rings. The van der Waals surface area contributed by atoms with Crippen molar-refractivity contribution in [2.45, 2.75) is 139 Å². The van der Waals surface area contributed by atoms with Crippen LogP contribution in [0.3, 0.4) is 0 Å². The van der Waals surface area contributed by atoms with Crippen LogP contribution in [-0.2, 0) is 9.59 Å². The van der Waals surface area contributed by atoms with Gasteiger partial charge < -0.3 is 24.2 Å². The highest BCUT2D eigenvalue weighted by atomic mass is 19.1. The summed E-state index contributed by atoms with van der Waals surface area (Å²) in [5.74, 6) is 5.63. The molecule has 4 saturated heterocycles. The molecule has 5 saturated carbocycles. The van der Waals surface area contributed by atoms with Crippen LogP contribution < -0.4 is 0 Å². The van der Waals surface area contributed by atoms with Crippen molar-refractivity contribution in [3.05, 3.63) is 89.5 Å². The molecule has 2 aromatic carbocycles. The highest BCUT2D eigenvalue weighted by Gasteiger charge is 2.55. The number of tetrazole rings is 1. The number of hydrogen-bond acceptors (Lipinski definition) is 6. The van der Waals surface area contributed by atoms with Crippen molar-refractivity contribution >= 4 is 33.6 Å². The number of benzene rings is 2. The Bertz CT molecular complexity index is 2590. The molecular formula is C49H55FN8O3. The molecule has 0 spiro atoms. The van der Waals surface area contributed by atoms with Crippen molar-refractivity contribution in [3.63, 3.8) is 0 Å². The fraction of sp³-hybridized carbons (Fsp3) is 0.531. The zero-order valence-electron chi connectivity index (χ0n) is 35.0. The second-order valence-electron chi connectivity index (χ2n) is 20.0. The maximum absolute atomic E-state index is 13.8. The van der Waals surface area contributed by atoms with Crippen molar-refractivity contribution < 1.29 is 18.4 Å². The molecule has 0 radical (unpaired) electrons. The van der Waals surface area contributed by atoms with Gasteiger partial charge >= 0.3 is 0 Å². The summed E-state index contributed by atoms with van der Waals surface area (Å²) in [4.78, 5) is 38.7. The normalized spacial score (nSPS) is 30.6. The number of rotatable bonds is 8. The van der Waals surface area contributed by atoms with Gasteiger partial charge in [-0.2, -0.15) is 9.60 Å². The number of hydrogen-bond donors (Lipinski definition) is 3. The molecule has 5 aliphatic carbocycles. The van der Waals surface area contributed by atoms with Gasteiger partial charge in [0.2, 0.25) is 11.8 Å². The molecule has 9 fully saturated rings. The molecule has 9 aliphatic rings. The van der Waals surface area contributed by atoms with Gasteiger partial charge in [0.1, 0.15) is 5.76 Å². The lowest BCUT2D eigenvalue weighted by Crippen LogP contribution is -2.63.